The topological polar surface area (TPSA) is 43.4 Å². The van der Waals surface area contributed by atoms with Gasteiger partial charge in [0, 0.05) is 31.9 Å². The van der Waals surface area contributed by atoms with Crippen molar-refractivity contribution in [1.82, 2.24) is 0 Å². The van der Waals surface area contributed by atoms with Gasteiger partial charge in [-0.15, -0.1) is 0 Å². The molecule has 0 fully saturated rings. The molecule has 0 amide bonds. The van der Waals surface area contributed by atoms with Gasteiger partial charge in [0.2, 0.25) is 9.05 Å². The fraction of sp³-hybridized carbons (Fsp3) is 0.333. The third-order valence-electron chi connectivity index (χ3n) is 3.01. The maximum atomic E-state index is 11.2. The van der Waals surface area contributed by atoms with E-state index in [4.69, 9.17) is 27.0 Å². The molecule has 3 nitrogen and oxygen atoms in total. The molecule has 0 spiro atoms. The van der Waals surface area contributed by atoms with E-state index in [-0.39, 0.29) is 12.4 Å². The second kappa shape index (κ2) is 6.03. The Bertz CT molecular complexity index is 755. The summed E-state index contributed by atoms with van der Waals surface area (Å²) in [4.78, 5) is 0. The lowest BCUT2D eigenvalue weighted by Crippen LogP contribution is -2.28. The van der Waals surface area contributed by atoms with Crippen LogP contribution >= 0.6 is 22.3 Å². The highest BCUT2D eigenvalue weighted by atomic mass is 35.7. The van der Waals surface area contributed by atoms with Crippen LogP contribution in [0.1, 0.15) is 13.8 Å². The molecule has 21 heavy (non-hydrogen) atoms. The summed E-state index contributed by atoms with van der Waals surface area (Å²) in [5, 5.41) is 2.45. The van der Waals surface area contributed by atoms with Crippen LogP contribution in [-0.2, 0) is 9.05 Å². The summed E-state index contributed by atoms with van der Waals surface area (Å²) < 4.78 is 28.2. The predicted octanol–water partition coefficient (Wildman–Crippen LogP) is 4.47. The van der Waals surface area contributed by atoms with Crippen molar-refractivity contribution in [3.8, 4) is 5.75 Å². The first kappa shape index (κ1) is 16.4. The van der Waals surface area contributed by atoms with Gasteiger partial charge in [-0.3, -0.25) is 0 Å². The molecular weight excluding hydrogens is 331 g/mol. The summed E-state index contributed by atoms with van der Waals surface area (Å²) >= 11 is 6.15. The normalized spacial score (nSPS) is 12.6. The fourth-order valence-corrected chi connectivity index (χ4v) is 4.27. The highest BCUT2D eigenvalue weighted by molar-refractivity contribution is 8.13. The van der Waals surface area contributed by atoms with Gasteiger partial charge in [-0.1, -0.05) is 49.7 Å². The Morgan fingerprint density at radius 2 is 1.71 bits per heavy atom. The number of hydrogen-bond donors (Lipinski definition) is 0. The van der Waals surface area contributed by atoms with Crippen molar-refractivity contribution in [3.05, 3.63) is 41.4 Å². The van der Waals surface area contributed by atoms with Crippen LogP contribution in [0.25, 0.3) is 10.8 Å². The number of benzene rings is 2. The quantitative estimate of drug-likeness (QED) is 0.750. The minimum absolute atomic E-state index is 0.146. The number of halogens is 2. The summed E-state index contributed by atoms with van der Waals surface area (Å²) in [6.07, 6.45) is 0. The molecule has 0 saturated carbocycles. The number of rotatable bonds is 5. The smallest absolute Gasteiger partial charge is 0.233 e. The van der Waals surface area contributed by atoms with Gasteiger partial charge in [0.15, 0.2) is 0 Å². The van der Waals surface area contributed by atoms with Gasteiger partial charge in [0.1, 0.15) is 5.75 Å². The molecule has 0 aliphatic carbocycles. The second-order valence-electron chi connectivity index (χ2n) is 5.73. The second-order valence-corrected chi connectivity index (χ2v) is 8.91. The molecule has 0 atom stereocenters. The van der Waals surface area contributed by atoms with Crippen molar-refractivity contribution < 1.29 is 13.2 Å². The summed E-state index contributed by atoms with van der Waals surface area (Å²) in [6, 6.07) is 11.2. The van der Waals surface area contributed by atoms with Gasteiger partial charge in [-0.05, 0) is 12.1 Å². The molecule has 0 heterocycles. The van der Waals surface area contributed by atoms with E-state index in [1.54, 1.807) is 26.0 Å². The van der Waals surface area contributed by atoms with E-state index in [1.165, 1.54) is 0 Å². The first-order valence-electron chi connectivity index (χ1n) is 6.40. The Hall–Kier alpha value is -0.970. The van der Waals surface area contributed by atoms with Gasteiger partial charge in [-0.25, -0.2) is 8.42 Å². The molecule has 0 aliphatic rings. The lowest BCUT2D eigenvalue weighted by Gasteiger charge is -2.23. The molecule has 6 heteroatoms. The SMILES string of the molecule is CC(C)(COc1ccc(Cl)c2ccccc12)CS(=O)(=O)Cl. The van der Waals surface area contributed by atoms with Crippen LogP contribution in [0.3, 0.4) is 0 Å². The number of hydrogen-bond acceptors (Lipinski definition) is 3. The monoisotopic (exact) mass is 346 g/mol. The van der Waals surface area contributed by atoms with Gasteiger partial charge in [-0.2, -0.15) is 0 Å². The zero-order valence-electron chi connectivity index (χ0n) is 11.8. The Labute approximate surface area is 134 Å². The molecular formula is C15H16Cl2O3S. The van der Waals surface area contributed by atoms with Crippen molar-refractivity contribution in [2.45, 2.75) is 13.8 Å². The Morgan fingerprint density at radius 3 is 2.33 bits per heavy atom. The lowest BCUT2D eigenvalue weighted by molar-refractivity contribution is 0.202. The van der Waals surface area contributed by atoms with Gasteiger partial charge >= 0.3 is 0 Å². The van der Waals surface area contributed by atoms with Crippen LogP contribution in [0.15, 0.2) is 36.4 Å². The highest BCUT2D eigenvalue weighted by Gasteiger charge is 2.26. The van der Waals surface area contributed by atoms with E-state index in [9.17, 15) is 8.42 Å². The molecule has 0 unspecified atom stereocenters. The largest absolute Gasteiger partial charge is 0.492 e. The molecule has 0 bridgehead atoms. The third kappa shape index (κ3) is 4.50. The minimum atomic E-state index is -3.56. The van der Waals surface area contributed by atoms with Crippen molar-refractivity contribution in [1.29, 1.82) is 0 Å². The van der Waals surface area contributed by atoms with Crippen molar-refractivity contribution in [2.75, 3.05) is 12.4 Å². The van der Waals surface area contributed by atoms with Crippen LogP contribution in [-0.4, -0.2) is 20.8 Å². The first-order chi connectivity index (χ1) is 9.68. The van der Waals surface area contributed by atoms with Crippen LogP contribution < -0.4 is 4.74 Å². The van der Waals surface area contributed by atoms with Crippen LogP contribution in [0.5, 0.6) is 5.75 Å². The molecule has 114 valence electrons. The van der Waals surface area contributed by atoms with Gasteiger partial charge in [0.25, 0.3) is 0 Å². The number of fused-ring (bicyclic) bond motifs is 1. The van der Waals surface area contributed by atoms with Crippen LogP contribution in [0, 0.1) is 5.41 Å². The molecule has 0 N–H and O–H groups in total. The van der Waals surface area contributed by atoms with Crippen molar-refractivity contribution >= 4 is 42.1 Å². The number of ether oxygens (including phenoxy) is 1. The van der Waals surface area contributed by atoms with E-state index < -0.39 is 14.5 Å². The fourth-order valence-electron chi connectivity index (χ4n) is 2.14. The third-order valence-corrected chi connectivity index (χ3v) is 4.80. The first-order valence-corrected chi connectivity index (χ1v) is 9.26. The average molecular weight is 347 g/mol. The standard InChI is InChI=1S/C15H16Cl2O3S/c1-15(2,10-21(17,18)19)9-20-14-8-7-13(16)11-5-3-4-6-12(11)14/h3-8H,9-10H2,1-2H3. The maximum Gasteiger partial charge on any atom is 0.233 e. The van der Waals surface area contributed by atoms with E-state index in [0.717, 1.165) is 10.8 Å². The Kier molecular flexibility index (Phi) is 4.71. The van der Waals surface area contributed by atoms with Crippen molar-refractivity contribution in [3.63, 3.8) is 0 Å². The van der Waals surface area contributed by atoms with Crippen LogP contribution in [0.2, 0.25) is 5.02 Å². The Morgan fingerprint density at radius 1 is 1.10 bits per heavy atom. The minimum Gasteiger partial charge on any atom is -0.492 e. The molecule has 0 aliphatic heterocycles. The molecule has 2 aromatic carbocycles. The van der Waals surface area contributed by atoms with E-state index in [1.807, 2.05) is 24.3 Å². The van der Waals surface area contributed by atoms with Crippen LogP contribution in [0.4, 0.5) is 0 Å². The summed E-state index contributed by atoms with van der Waals surface area (Å²) in [6.45, 7) is 3.83. The van der Waals surface area contributed by atoms with Crippen molar-refractivity contribution in [2.24, 2.45) is 5.41 Å². The Balaban J connectivity index is 2.23. The summed E-state index contributed by atoms with van der Waals surface area (Å²) in [7, 11) is 1.75. The van der Waals surface area contributed by atoms with E-state index >= 15 is 0 Å². The zero-order valence-corrected chi connectivity index (χ0v) is 14.1. The zero-order chi connectivity index (χ0) is 15.7. The van der Waals surface area contributed by atoms with E-state index in [0.29, 0.717) is 10.8 Å². The molecule has 2 aromatic rings. The summed E-state index contributed by atoms with van der Waals surface area (Å²) in [5.41, 5.74) is -0.582. The highest BCUT2D eigenvalue weighted by Crippen LogP contribution is 2.32. The van der Waals surface area contributed by atoms with E-state index in [2.05, 4.69) is 0 Å². The predicted molar refractivity (Wildman–Crippen MR) is 87.9 cm³/mol. The van der Waals surface area contributed by atoms with Gasteiger partial charge in [0.05, 0.1) is 12.4 Å². The lowest BCUT2D eigenvalue weighted by atomic mass is 9.98. The molecule has 0 radical (unpaired) electrons. The summed E-state index contributed by atoms with van der Waals surface area (Å²) in [5.74, 6) is 0.530. The maximum absolute atomic E-state index is 11.2. The molecule has 2 rings (SSSR count). The molecule has 0 aromatic heterocycles. The molecule has 0 saturated heterocycles. The average Bonchev–Trinajstić information content (AvgIpc) is 2.35. The van der Waals surface area contributed by atoms with Gasteiger partial charge < -0.3 is 4.74 Å².